The number of nitrogens with zero attached hydrogens (tertiary/aromatic N) is 1. The number of aliphatic hydroxyl groups excluding tert-OH is 1. The number of benzene rings is 1. The van der Waals surface area contributed by atoms with Crippen LogP contribution in [0, 0.1) is 5.92 Å². The zero-order chi connectivity index (χ0) is 14.4. The second kappa shape index (κ2) is 7.77. The first kappa shape index (κ1) is 15.5. The number of hydrogen-bond acceptors (Lipinski definition) is 3. The van der Waals surface area contributed by atoms with Crippen LogP contribution in [0.15, 0.2) is 30.3 Å². The first-order valence-electron chi connectivity index (χ1n) is 7.75. The molecule has 1 aliphatic carbocycles. The molecule has 0 radical (unpaired) electrons. The fraction of sp³-hybridized carbons (Fsp3) is 0.647. The zero-order valence-electron chi connectivity index (χ0n) is 12.8. The van der Waals surface area contributed by atoms with Crippen LogP contribution >= 0.6 is 0 Å². The third-order valence-electron chi connectivity index (χ3n) is 4.19. The molecule has 112 valence electrons. The molecule has 3 heteroatoms. The molecule has 1 fully saturated rings. The van der Waals surface area contributed by atoms with E-state index in [-0.39, 0.29) is 6.10 Å². The third-order valence-corrected chi connectivity index (χ3v) is 4.19. The van der Waals surface area contributed by atoms with Crippen LogP contribution in [0.2, 0.25) is 0 Å². The lowest BCUT2D eigenvalue weighted by Crippen LogP contribution is -2.41. The molecule has 20 heavy (non-hydrogen) atoms. The molecule has 0 aliphatic heterocycles. The van der Waals surface area contributed by atoms with E-state index in [0.29, 0.717) is 18.5 Å². The van der Waals surface area contributed by atoms with Crippen LogP contribution in [-0.2, 0) is 6.42 Å². The van der Waals surface area contributed by atoms with Crippen molar-refractivity contribution in [1.29, 1.82) is 0 Å². The summed E-state index contributed by atoms with van der Waals surface area (Å²) in [5.41, 5.74) is 1.43. The van der Waals surface area contributed by atoms with Crippen molar-refractivity contribution in [2.24, 2.45) is 5.92 Å². The normalized spacial score (nSPS) is 24.2. The van der Waals surface area contributed by atoms with Gasteiger partial charge in [0, 0.05) is 19.1 Å². The van der Waals surface area contributed by atoms with Gasteiger partial charge in [-0.1, -0.05) is 36.8 Å². The number of hydrogen-bond donors (Lipinski definition) is 2. The lowest BCUT2D eigenvalue weighted by atomic mass is 9.94. The Morgan fingerprint density at radius 3 is 2.70 bits per heavy atom. The highest BCUT2D eigenvalue weighted by Crippen LogP contribution is 2.28. The zero-order valence-corrected chi connectivity index (χ0v) is 12.8. The SMILES string of the molecule is CN(C)CC(O)CNC1CCCC1Cc1ccccc1. The molecular formula is C17H28N2O. The van der Waals surface area contributed by atoms with E-state index in [2.05, 4.69) is 35.6 Å². The fourth-order valence-corrected chi connectivity index (χ4v) is 3.24. The van der Waals surface area contributed by atoms with Crippen molar-refractivity contribution in [1.82, 2.24) is 10.2 Å². The average Bonchev–Trinajstić information content (AvgIpc) is 2.84. The molecule has 3 unspecified atom stereocenters. The second-order valence-corrected chi connectivity index (χ2v) is 6.31. The van der Waals surface area contributed by atoms with Gasteiger partial charge in [0.05, 0.1) is 6.10 Å². The van der Waals surface area contributed by atoms with Gasteiger partial charge >= 0.3 is 0 Å². The molecule has 3 nitrogen and oxygen atoms in total. The average molecular weight is 276 g/mol. The van der Waals surface area contributed by atoms with E-state index in [9.17, 15) is 5.11 Å². The molecule has 1 saturated carbocycles. The Morgan fingerprint density at radius 2 is 2.00 bits per heavy atom. The molecule has 1 aliphatic rings. The highest BCUT2D eigenvalue weighted by Gasteiger charge is 2.27. The lowest BCUT2D eigenvalue weighted by Gasteiger charge is -2.24. The molecule has 1 aromatic rings. The summed E-state index contributed by atoms with van der Waals surface area (Å²) >= 11 is 0. The van der Waals surface area contributed by atoms with Gasteiger partial charge in [0.1, 0.15) is 0 Å². The first-order valence-corrected chi connectivity index (χ1v) is 7.75. The van der Waals surface area contributed by atoms with Crippen molar-refractivity contribution >= 4 is 0 Å². The molecule has 0 amide bonds. The molecule has 0 spiro atoms. The molecule has 0 heterocycles. The van der Waals surface area contributed by atoms with Crippen LogP contribution in [0.25, 0.3) is 0 Å². The third kappa shape index (κ3) is 4.89. The smallest absolute Gasteiger partial charge is 0.0791 e. The van der Waals surface area contributed by atoms with E-state index in [0.717, 1.165) is 13.0 Å². The largest absolute Gasteiger partial charge is 0.390 e. The van der Waals surface area contributed by atoms with Gasteiger partial charge in [0.25, 0.3) is 0 Å². The molecule has 3 atom stereocenters. The standard InChI is InChI=1S/C17H28N2O/c1-19(2)13-16(20)12-18-17-10-6-9-15(17)11-14-7-4-3-5-8-14/h3-5,7-8,15-18,20H,6,9-13H2,1-2H3. The number of likely N-dealkylation sites (N-methyl/N-ethyl adjacent to an activating group) is 1. The molecule has 2 N–H and O–H groups in total. The van der Waals surface area contributed by atoms with Crippen LogP contribution in [0.1, 0.15) is 24.8 Å². The van der Waals surface area contributed by atoms with E-state index >= 15 is 0 Å². The van der Waals surface area contributed by atoms with E-state index in [1.807, 2.05) is 19.0 Å². The molecule has 2 rings (SSSR count). The summed E-state index contributed by atoms with van der Waals surface area (Å²) in [6, 6.07) is 11.3. The number of aliphatic hydroxyl groups is 1. The van der Waals surface area contributed by atoms with Crippen LogP contribution in [0.5, 0.6) is 0 Å². The van der Waals surface area contributed by atoms with Crippen molar-refractivity contribution in [2.75, 3.05) is 27.2 Å². The maximum absolute atomic E-state index is 9.95. The highest BCUT2D eigenvalue weighted by atomic mass is 16.3. The monoisotopic (exact) mass is 276 g/mol. The van der Waals surface area contributed by atoms with Gasteiger partial charge in [-0.25, -0.2) is 0 Å². The maximum Gasteiger partial charge on any atom is 0.0791 e. The Balaban J connectivity index is 1.79. The minimum atomic E-state index is -0.275. The van der Waals surface area contributed by atoms with Gasteiger partial charge in [-0.2, -0.15) is 0 Å². The lowest BCUT2D eigenvalue weighted by molar-refractivity contribution is 0.129. The van der Waals surface area contributed by atoms with Crippen molar-refractivity contribution in [3.63, 3.8) is 0 Å². The molecule has 0 saturated heterocycles. The predicted molar refractivity (Wildman–Crippen MR) is 83.8 cm³/mol. The van der Waals surface area contributed by atoms with Gasteiger partial charge in [-0.15, -0.1) is 0 Å². The van der Waals surface area contributed by atoms with E-state index in [1.165, 1.54) is 24.8 Å². The maximum atomic E-state index is 9.95. The minimum Gasteiger partial charge on any atom is -0.390 e. The summed E-state index contributed by atoms with van der Waals surface area (Å²) in [4.78, 5) is 2.03. The van der Waals surface area contributed by atoms with Crippen molar-refractivity contribution in [3.05, 3.63) is 35.9 Å². The van der Waals surface area contributed by atoms with E-state index in [1.54, 1.807) is 0 Å². The topological polar surface area (TPSA) is 35.5 Å². The van der Waals surface area contributed by atoms with Gasteiger partial charge in [0.15, 0.2) is 0 Å². The van der Waals surface area contributed by atoms with Crippen LogP contribution in [0.4, 0.5) is 0 Å². The van der Waals surface area contributed by atoms with Gasteiger partial charge < -0.3 is 15.3 Å². The summed E-state index contributed by atoms with van der Waals surface area (Å²) in [6.07, 6.45) is 4.73. The molecular weight excluding hydrogens is 248 g/mol. The first-order chi connectivity index (χ1) is 9.65. The summed E-state index contributed by atoms with van der Waals surface area (Å²) < 4.78 is 0. The Kier molecular flexibility index (Phi) is 6.02. The van der Waals surface area contributed by atoms with Crippen LogP contribution in [0.3, 0.4) is 0 Å². The Bertz CT molecular complexity index is 380. The highest BCUT2D eigenvalue weighted by molar-refractivity contribution is 5.16. The number of nitrogens with one attached hydrogen (secondary N) is 1. The summed E-state index contributed by atoms with van der Waals surface area (Å²) in [5.74, 6) is 0.712. The Labute approximate surface area is 123 Å². The molecule has 0 bridgehead atoms. The van der Waals surface area contributed by atoms with Crippen molar-refractivity contribution < 1.29 is 5.11 Å². The molecule has 1 aromatic carbocycles. The van der Waals surface area contributed by atoms with Gasteiger partial charge in [-0.05, 0) is 44.8 Å². The van der Waals surface area contributed by atoms with E-state index in [4.69, 9.17) is 0 Å². The van der Waals surface area contributed by atoms with Gasteiger partial charge in [-0.3, -0.25) is 0 Å². The number of rotatable bonds is 7. The second-order valence-electron chi connectivity index (χ2n) is 6.31. The minimum absolute atomic E-state index is 0.275. The van der Waals surface area contributed by atoms with Crippen molar-refractivity contribution in [3.8, 4) is 0 Å². The summed E-state index contributed by atoms with van der Waals surface area (Å²) in [6.45, 7) is 1.43. The summed E-state index contributed by atoms with van der Waals surface area (Å²) in [7, 11) is 3.99. The Morgan fingerprint density at radius 1 is 1.25 bits per heavy atom. The summed E-state index contributed by atoms with van der Waals surface area (Å²) in [5, 5.41) is 13.5. The predicted octanol–water partition coefficient (Wildman–Crippen LogP) is 1.91. The fourth-order valence-electron chi connectivity index (χ4n) is 3.24. The Hall–Kier alpha value is -0.900. The van der Waals surface area contributed by atoms with Crippen LogP contribution in [-0.4, -0.2) is 49.3 Å². The van der Waals surface area contributed by atoms with Gasteiger partial charge in [0.2, 0.25) is 0 Å². The van der Waals surface area contributed by atoms with Crippen LogP contribution < -0.4 is 5.32 Å². The van der Waals surface area contributed by atoms with E-state index < -0.39 is 0 Å². The van der Waals surface area contributed by atoms with Crippen molar-refractivity contribution in [2.45, 2.75) is 37.8 Å². The molecule has 0 aromatic heterocycles. The quantitative estimate of drug-likeness (QED) is 0.798.